The lowest BCUT2D eigenvalue weighted by atomic mass is 10.1. The number of nitrogens with zero attached hydrogens (tertiary/aromatic N) is 1. The predicted octanol–water partition coefficient (Wildman–Crippen LogP) is 3.15. The second-order valence-corrected chi connectivity index (χ2v) is 6.03. The van der Waals surface area contributed by atoms with E-state index in [9.17, 15) is 5.11 Å². The number of benzene rings is 2. The van der Waals surface area contributed by atoms with Crippen molar-refractivity contribution < 1.29 is 14.6 Å². The average Bonchev–Trinajstić information content (AvgIpc) is 2.72. The van der Waals surface area contributed by atoms with Crippen molar-refractivity contribution in [3.05, 3.63) is 59.7 Å². The van der Waals surface area contributed by atoms with Crippen molar-refractivity contribution >= 4 is 29.9 Å². The minimum absolute atomic E-state index is 0. The summed E-state index contributed by atoms with van der Waals surface area (Å²) in [4.78, 5) is 4.48. The van der Waals surface area contributed by atoms with Crippen LogP contribution < -0.4 is 20.1 Å². The molecule has 1 unspecified atom stereocenters. The van der Waals surface area contributed by atoms with Crippen LogP contribution in [0.2, 0.25) is 0 Å². The zero-order valence-electron chi connectivity index (χ0n) is 16.6. The Morgan fingerprint density at radius 1 is 0.964 bits per heavy atom. The standard InChI is InChI=1S/C21H29N3O3.HI/c1-4-22-21(23-14-13-16-5-9-18(26-2)10-6-16)24-15-20(25)17-7-11-19(27-3)12-8-17;/h5-12,20,25H,4,13-15H2,1-3H3,(H2,22,23,24);1H. The van der Waals surface area contributed by atoms with Gasteiger partial charge in [-0.2, -0.15) is 0 Å². The molecule has 0 amide bonds. The molecule has 0 fully saturated rings. The van der Waals surface area contributed by atoms with Crippen molar-refractivity contribution in [2.45, 2.75) is 19.4 Å². The van der Waals surface area contributed by atoms with E-state index in [0.29, 0.717) is 5.96 Å². The Balaban J connectivity index is 0.00000392. The number of hydrogen-bond acceptors (Lipinski definition) is 4. The summed E-state index contributed by atoms with van der Waals surface area (Å²) in [6, 6.07) is 15.4. The van der Waals surface area contributed by atoms with Gasteiger partial charge in [0.05, 0.1) is 26.9 Å². The fourth-order valence-electron chi connectivity index (χ4n) is 2.57. The minimum atomic E-state index is -0.659. The molecule has 0 aliphatic carbocycles. The highest BCUT2D eigenvalue weighted by atomic mass is 127. The van der Waals surface area contributed by atoms with Crippen molar-refractivity contribution in [2.75, 3.05) is 33.9 Å². The first kappa shape index (κ1) is 24.0. The number of aliphatic imine (C=N–C) groups is 1. The van der Waals surface area contributed by atoms with Crippen LogP contribution in [0.4, 0.5) is 0 Å². The summed E-state index contributed by atoms with van der Waals surface area (Å²) >= 11 is 0. The third-order valence-corrected chi connectivity index (χ3v) is 4.13. The molecule has 0 aliphatic rings. The molecule has 3 N–H and O–H groups in total. The third kappa shape index (κ3) is 7.93. The van der Waals surface area contributed by atoms with Crippen LogP contribution in [0.5, 0.6) is 11.5 Å². The van der Waals surface area contributed by atoms with Crippen molar-refractivity contribution in [1.29, 1.82) is 0 Å². The van der Waals surface area contributed by atoms with Crippen LogP contribution in [0.25, 0.3) is 0 Å². The fourth-order valence-corrected chi connectivity index (χ4v) is 2.57. The van der Waals surface area contributed by atoms with Crippen LogP contribution in [-0.4, -0.2) is 44.9 Å². The van der Waals surface area contributed by atoms with E-state index in [2.05, 4.69) is 27.8 Å². The highest BCUT2D eigenvalue weighted by molar-refractivity contribution is 14.0. The second-order valence-electron chi connectivity index (χ2n) is 6.03. The molecule has 6 nitrogen and oxygen atoms in total. The number of methoxy groups -OCH3 is 2. The lowest BCUT2D eigenvalue weighted by molar-refractivity contribution is 0.187. The first-order chi connectivity index (χ1) is 13.2. The molecular formula is C21H30IN3O3. The van der Waals surface area contributed by atoms with E-state index in [1.165, 1.54) is 5.56 Å². The van der Waals surface area contributed by atoms with Gasteiger partial charge in [0.15, 0.2) is 5.96 Å². The Morgan fingerprint density at radius 2 is 1.54 bits per heavy atom. The number of aliphatic hydroxyl groups is 1. The van der Waals surface area contributed by atoms with E-state index in [0.717, 1.165) is 36.6 Å². The summed E-state index contributed by atoms with van der Waals surface area (Å²) in [5.41, 5.74) is 2.03. The van der Waals surface area contributed by atoms with Crippen LogP contribution in [-0.2, 0) is 6.42 Å². The van der Waals surface area contributed by atoms with E-state index in [1.54, 1.807) is 14.2 Å². The van der Waals surface area contributed by atoms with E-state index in [4.69, 9.17) is 9.47 Å². The molecule has 0 aliphatic heterocycles. The maximum Gasteiger partial charge on any atom is 0.191 e. The maximum atomic E-state index is 10.3. The van der Waals surface area contributed by atoms with Gasteiger partial charge in [-0.3, -0.25) is 4.99 Å². The topological polar surface area (TPSA) is 75.1 Å². The van der Waals surface area contributed by atoms with Crippen molar-refractivity contribution in [2.24, 2.45) is 4.99 Å². The molecule has 0 saturated heterocycles. The quantitative estimate of drug-likeness (QED) is 0.281. The Bertz CT molecular complexity index is 706. The zero-order valence-corrected chi connectivity index (χ0v) is 19.0. The Kier molecular flexibility index (Phi) is 11.4. The van der Waals surface area contributed by atoms with Gasteiger partial charge in [0.2, 0.25) is 0 Å². The number of aliphatic hydroxyl groups excluding tert-OH is 1. The Labute approximate surface area is 184 Å². The lowest BCUT2D eigenvalue weighted by Gasteiger charge is -2.14. The molecule has 2 aromatic rings. The number of nitrogens with one attached hydrogen (secondary N) is 2. The van der Waals surface area contributed by atoms with Crippen LogP contribution in [0.3, 0.4) is 0 Å². The Hall–Kier alpha value is -2.00. The molecule has 0 heterocycles. The average molecular weight is 499 g/mol. The van der Waals surface area contributed by atoms with Crippen molar-refractivity contribution in [3.8, 4) is 11.5 Å². The lowest BCUT2D eigenvalue weighted by Crippen LogP contribution is -2.38. The Morgan fingerprint density at radius 3 is 2.07 bits per heavy atom. The number of hydrogen-bond donors (Lipinski definition) is 3. The molecule has 7 heteroatoms. The summed E-state index contributed by atoms with van der Waals surface area (Å²) in [5.74, 6) is 2.32. The van der Waals surface area contributed by atoms with E-state index >= 15 is 0 Å². The highest BCUT2D eigenvalue weighted by Crippen LogP contribution is 2.17. The van der Waals surface area contributed by atoms with Gasteiger partial charge in [0.1, 0.15) is 11.5 Å². The smallest absolute Gasteiger partial charge is 0.191 e. The van der Waals surface area contributed by atoms with Gasteiger partial charge in [-0.05, 0) is 48.7 Å². The number of rotatable bonds is 9. The molecule has 0 aromatic heterocycles. The van der Waals surface area contributed by atoms with E-state index in [1.807, 2.05) is 43.3 Å². The van der Waals surface area contributed by atoms with Gasteiger partial charge < -0.3 is 25.2 Å². The minimum Gasteiger partial charge on any atom is -0.497 e. The molecule has 1 atom stereocenters. The fraction of sp³-hybridized carbons (Fsp3) is 0.381. The predicted molar refractivity (Wildman–Crippen MR) is 124 cm³/mol. The zero-order chi connectivity index (χ0) is 19.5. The first-order valence-electron chi connectivity index (χ1n) is 9.13. The molecule has 154 valence electrons. The van der Waals surface area contributed by atoms with Gasteiger partial charge in [-0.1, -0.05) is 24.3 Å². The van der Waals surface area contributed by atoms with Crippen LogP contribution in [0, 0.1) is 0 Å². The number of guanidine groups is 1. The summed E-state index contributed by atoms with van der Waals surface area (Å²) in [7, 11) is 3.28. The third-order valence-electron chi connectivity index (χ3n) is 4.13. The molecule has 2 rings (SSSR count). The maximum absolute atomic E-state index is 10.3. The summed E-state index contributed by atoms with van der Waals surface area (Å²) < 4.78 is 10.3. The second kappa shape index (κ2) is 13.2. The normalized spacial score (nSPS) is 11.9. The van der Waals surface area contributed by atoms with Gasteiger partial charge >= 0.3 is 0 Å². The van der Waals surface area contributed by atoms with Crippen LogP contribution >= 0.6 is 24.0 Å². The van der Waals surface area contributed by atoms with Crippen molar-refractivity contribution in [1.82, 2.24) is 10.6 Å². The highest BCUT2D eigenvalue weighted by Gasteiger charge is 2.08. The van der Waals surface area contributed by atoms with Crippen LogP contribution in [0.15, 0.2) is 53.5 Å². The number of ether oxygens (including phenoxy) is 2. The molecule has 0 radical (unpaired) electrons. The SMILES string of the molecule is CCNC(=NCC(O)c1ccc(OC)cc1)NCCc1ccc(OC)cc1.I. The van der Waals surface area contributed by atoms with Gasteiger partial charge in [0.25, 0.3) is 0 Å². The monoisotopic (exact) mass is 499 g/mol. The first-order valence-corrected chi connectivity index (χ1v) is 9.13. The van der Waals surface area contributed by atoms with Gasteiger partial charge in [-0.25, -0.2) is 0 Å². The molecule has 0 bridgehead atoms. The van der Waals surface area contributed by atoms with Crippen molar-refractivity contribution in [3.63, 3.8) is 0 Å². The molecule has 0 spiro atoms. The van der Waals surface area contributed by atoms with E-state index < -0.39 is 6.10 Å². The molecular weight excluding hydrogens is 469 g/mol. The summed E-state index contributed by atoms with van der Waals surface area (Å²) in [5, 5.41) is 16.8. The van der Waals surface area contributed by atoms with Gasteiger partial charge in [-0.15, -0.1) is 24.0 Å². The van der Waals surface area contributed by atoms with E-state index in [-0.39, 0.29) is 30.5 Å². The largest absolute Gasteiger partial charge is 0.497 e. The molecule has 28 heavy (non-hydrogen) atoms. The summed E-state index contributed by atoms with van der Waals surface area (Å²) in [6.07, 6.45) is 0.211. The van der Waals surface area contributed by atoms with Gasteiger partial charge in [0, 0.05) is 13.1 Å². The number of halogens is 1. The summed E-state index contributed by atoms with van der Waals surface area (Å²) in [6.45, 7) is 3.80. The molecule has 0 saturated carbocycles. The van der Waals surface area contributed by atoms with Crippen LogP contribution in [0.1, 0.15) is 24.2 Å². The molecule has 2 aromatic carbocycles.